The number of rotatable bonds is 4. The minimum absolute atomic E-state index is 0. The number of anilines is 3. The number of nitrogens with one attached hydrogen (secondary N) is 1. The van der Waals surface area contributed by atoms with Crippen LogP contribution in [0.4, 0.5) is 17.2 Å². The van der Waals surface area contributed by atoms with Crippen LogP contribution < -0.4 is 11.1 Å². The number of nitrogens with two attached hydrogens (primary N) is 1. The minimum Gasteiger partial charge on any atom is -0.399 e. The van der Waals surface area contributed by atoms with Gasteiger partial charge in [-0.25, -0.2) is 4.98 Å². The van der Waals surface area contributed by atoms with Crippen molar-refractivity contribution in [3.8, 4) is 0 Å². The van der Waals surface area contributed by atoms with E-state index in [-0.39, 0.29) is 30.1 Å². The van der Waals surface area contributed by atoms with Crippen LogP contribution >= 0.6 is 48.0 Å². The number of nitrogens with zero attached hydrogens (tertiary/aromatic N) is 3. The highest BCUT2D eigenvalue weighted by atomic mass is 35.5. The smallest absolute Gasteiger partial charge is 0.224 e. The first-order valence-electron chi connectivity index (χ1n) is 7.05. The number of hydrogen-bond acceptors (Lipinski definition) is 5. The van der Waals surface area contributed by atoms with Crippen molar-refractivity contribution in [1.29, 1.82) is 0 Å². The number of halogens is 4. The van der Waals surface area contributed by atoms with Crippen molar-refractivity contribution in [3.63, 3.8) is 0 Å². The second-order valence-corrected chi connectivity index (χ2v) is 5.68. The third kappa shape index (κ3) is 6.04. The summed E-state index contributed by atoms with van der Waals surface area (Å²) in [4.78, 5) is 12.1. The molecular formula is C17H15Cl4N5. The maximum atomic E-state index is 6.06. The predicted octanol–water partition coefficient (Wildman–Crippen LogP) is 5.52. The summed E-state index contributed by atoms with van der Waals surface area (Å²) in [6.45, 7) is 0. The van der Waals surface area contributed by atoms with Crippen LogP contribution in [0.25, 0.3) is 12.2 Å². The van der Waals surface area contributed by atoms with Crippen LogP contribution in [0, 0.1) is 0 Å². The van der Waals surface area contributed by atoms with E-state index in [1.54, 1.807) is 18.3 Å². The molecule has 2 aromatic heterocycles. The molecule has 3 rings (SSSR count). The predicted molar refractivity (Wildman–Crippen MR) is 114 cm³/mol. The Morgan fingerprint density at radius 1 is 1.00 bits per heavy atom. The second-order valence-electron chi connectivity index (χ2n) is 4.93. The Balaban J connectivity index is 0.00000169. The van der Waals surface area contributed by atoms with Gasteiger partial charge >= 0.3 is 0 Å². The van der Waals surface area contributed by atoms with E-state index in [1.165, 1.54) is 6.20 Å². The van der Waals surface area contributed by atoms with Crippen molar-refractivity contribution < 1.29 is 0 Å². The zero-order valence-electron chi connectivity index (χ0n) is 13.3. The molecule has 0 radical (unpaired) electrons. The Hall–Kier alpha value is -2.05. The number of pyridine rings is 1. The normalized spacial score (nSPS) is 10.1. The van der Waals surface area contributed by atoms with Gasteiger partial charge in [0.2, 0.25) is 5.28 Å². The van der Waals surface area contributed by atoms with Gasteiger partial charge in [-0.3, -0.25) is 4.98 Å². The van der Waals surface area contributed by atoms with Crippen molar-refractivity contribution in [2.24, 2.45) is 0 Å². The monoisotopic (exact) mass is 429 g/mol. The molecule has 2 heterocycles. The zero-order valence-corrected chi connectivity index (χ0v) is 16.4. The molecule has 0 bridgehead atoms. The molecular weight excluding hydrogens is 416 g/mol. The van der Waals surface area contributed by atoms with E-state index < -0.39 is 0 Å². The van der Waals surface area contributed by atoms with Crippen LogP contribution in [0.2, 0.25) is 10.3 Å². The fraction of sp³-hybridized carbons (Fsp3) is 0. The number of benzene rings is 1. The molecule has 3 N–H and O–H groups in total. The summed E-state index contributed by atoms with van der Waals surface area (Å²) in [5.74, 6) is 0.454. The lowest BCUT2D eigenvalue weighted by Crippen LogP contribution is -1.96. The van der Waals surface area contributed by atoms with E-state index in [0.717, 1.165) is 16.9 Å². The van der Waals surface area contributed by atoms with E-state index in [4.69, 9.17) is 28.9 Å². The van der Waals surface area contributed by atoms with Crippen LogP contribution in [-0.4, -0.2) is 15.0 Å². The van der Waals surface area contributed by atoms with E-state index >= 15 is 0 Å². The lowest BCUT2D eigenvalue weighted by molar-refractivity contribution is 1.17. The van der Waals surface area contributed by atoms with Crippen LogP contribution in [0.5, 0.6) is 0 Å². The van der Waals surface area contributed by atoms with E-state index in [0.29, 0.717) is 16.5 Å². The molecule has 0 aliphatic carbocycles. The van der Waals surface area contributed by atoms with Crippen LogP contribution in [0.15, 0.2) is 48.8 Å². The summed E-state index contributed by atoms with van der Waals surface area (Å²) in [6, 6.07) is 11.3. The summed E-state index contributed by atoms with van der Waals surface area (Å²) in [5.41, 5.74) is 9.03. The standard InChI is InChI=1S/C17H13Cl2N5.2ClH/c18-15-10-22-17(19)24-16(15)23-14-3-1-2-11(8-14)4-5-13-9-12(20)6-7-21-13;;/h1-10H,(H2,20,21)(H,22,23,24);2*1H/b5-4-;;. The Labute approximate surface area is 173 Å². The van der Waals surface area contributed by atoms with Gasteiger partial charge in [0.15, 0.2) is 5.82 Å². The highest BCUT2D eigenvalue weighted by Gasteiger charge is 2.04. The minimum atomic E-state index is 0. The van der Waals surface area contributed by atoms with E-state index in [2.05, 4.69) is 20.3 Å². The summed E-state index contributed by atoms with van der Waals surface area (Å²) < 4.78 is 0. The summed E-state index contributed by atoms with van der Waals surface area (Å²) >= 11 is 11.9. The quantitative estimate of drug-likeness (QED) is 0.533. The lowest BCUT2D eigenvalue weighted by Gasteiger charge is -2.08. The average molecular weight is 431 g/mol. The first kappa shape index (κ1) is 22.0. The molecule has 0 unspecified atom stereocenters. The van der Waals surface area contributed by atoms with Crippen molar-refractivity contribution in [2.75, 3.05) is 11.1 Å². The maximum absolute atomic E-state index is 6.06. The zero-order chi connectivity index (χ0) is 16.9. The third-order valence-corrected chi connectivity index (χ3v) is 3.57. The van der Waals surface area contributed by atoms with Crippen molar-refractivity contribution >= 4 is 77.4 Å². The fourth-order valence-electron chi connectivity index (χ4n) is 2.03. The topological polar surface area (TPSA) is 76.7 Å². The molecule has 5 nitrogen and oxygen atoms in total. The largest absolute Gasteiger partial charge is 0.399 e. The first-order valence-corrected chi connectivity index (χ1v) is 7.80. The van der Waals surface area contributed by atoms with Gasteiger partial charge in [-0.15, -0.1) is 24.8 Å². The number of hydrogen-bond donors (Lipinski definition) is 2. The van der Waals surface area contributed by atoms with Crippen LogP contribution in [0.3, 0.4) is 0 Å². The molecule has 0 saturated carbocycles. The highest BCUT2D eigenvalue weighted by Crippen LogP contribution is 2.24. The SMILES string of the molecule is Cl.Cl.Nc1ccnc(/C=C\c2cccc(Nc3nc(Cl)ncc3Cl)c2)c1. The number of nitrogen functional groups attached to an aromatic ring is 1. The van der Waals surface area contributed by atoms with Gasteiger partial charge in [-0.05, 0) is 47.5 Å². The molecule has 26 heavy (non-hydrogen) atoms. The Morgan fingerprint density at radius 2 is 1.81 bits per heavy atom. The van der Waals surface area contributed by atoms with Gasteiger partial charge < -0.3 is 11.1 Å². The molecule has 0 saturated heterocycles. The summed E-state index contributed by atoms with van der Waals surface area (Å²) in [7, 11) is 0. The molecule has 9 heteroatoms. The summed E-state index contributed by atoms with van der Waals surface area (Å²) in [6.07, 6.45) is 6.97. The molecule has 136 valence electrons. The molecule has 1 aromatic carbocycles. The fourth-order valence-corrected chi connectivity index (χ4v) is 2.30. The van der Waals surface area contributed by atoms with Gasteiger partial charge in [-0.1, -0.05) is 29.8 Å². The number of aromatic nitrogens is 3. The molecule has 0 fully saturated rings. The molecule has 0 aliphatic rings. The van der Waals surface area contributed by atoms with Crippen molar-refractivity contribution in [1.82, 2.24) is 15.0 Å². The van der Waals surface area contributed by atoms with Gasteiger partial charge in [0.25, 0.3) is 0 Å². The Kier molecular flexibility index (Phi) is 8.61. The maximum Gasteiger partial charge on any atom is 0.224 e. The molecule has 0 spiro atoms. The molecule has 0 atom stereocenters. The third-order valence-electron chi connectivity index (χ3n) is 3.12. The van der Waals surface area contributed by atoms with Crippen LogP contribution in [-0.2, 0) is 0 Å². The van der Waals surface area contributed by atoms with Gasteiger partial charge in [0.05, 0.1) is 11.9 Å². The first-order chi connectivity index (χ1) is 11.6. The van der Waals surface area contributed by atoms with Gasteiger partial charge in [0, 0.05) is 17.6 Å². The van der Waals surface area contributed by atoms with Crippen molar-refractivity contribution in [2.45, 2.75) is 0 Å². The summed E-state index contributed by atoms with van der Waals surface area (Å²) in [5, 5.41) is 3.65. The van der Waals surface area contributed by atoms with Gasteiger partial charge in [-0.2, -0.15) is 4.98 Å². The Morgan fingerprint density at radius 3 is 2.58 bits per heavy atom. The Bertz CT molecular complexity index is 902. The van der Waals surface area contributed by atoms with Crippen molar-refractivity contribution in [3.05, 3.63) is 70.4 Å². The molecule has 0 amide bonds. The molecule has 0 aliphatic heterocycles. The van der Waals surface area contributed by atoms with Crippen LogP contribution in [0.1, 0.15) is 11.3 Å². The van der Waals surface area contributed by atoms with Gasteiger partial charge in [0.1, 0.15) is 5.02 Å². The van der Waals surface area contributed by atoms with E-state index in [1.807, 2.05) is 36.4 Å². The van der Waals surface area contributed by atoms with E-state index in [9.17, 15) is 0 Å². The molecule has 3 aromatic rings. The average Bonchev–Trinajstić information content (AvgIpc) is 2.57. The lowest BCUT2D eigenvalue weighted by atomic mass is 10.1. The second kappa shape index (κ2) is 10.2. The highest BCUT2D eigenvalue weighted by molar-refractivity contribution is 6.33.